The minimum Gasteiger partial charge on any atom is -0.508 e. The van der Waals surface area contributed by atoms with Crippen LogP contribution in [-0.2, 0) is 6.42 Å². The molecular weight excluding hydrogens is 268 g/mol. The summed E-state index contributed by atoms with van der Waals surface area (Å²) in [6, 6.07) is 15.7. The summed E-state index contributed by atoms with van der Waals surface area (Å²) < 4.78 is 0. The molecule has 1 heterocycles. The van der Waals surface area contributed by atoms with Gasteiger partial charge >= 0.3 is 0 Å². The fourth-order valence-electron chi connectivity index (χ4n) is 2.13. The Morgan fingerprint density at radius 2 is 1.95 bits per heavy atom. The normalized spacial score (nSPS) is 11.0. The number of nitrogens with one attached hydrogen (secondary N) is 1. The molecule has 3 rings (SSSR count). The Bertz CT molecular complexity index is 694. The first-order valence-corrected chi connectivity index (χ1v) is 7.65. The zero-order valence-corrected chi connectivity index (χ0v) is 11.9. The molecule has 0 aliphatic carbocycles. The molecule has 0 aliphatic heterocycles. The van der Waals surface area contributed by atoms with Crippen molar-refractivity contribution in [3.05, 3.63) is 54.1 Å². The zero-order valence-electron chi connectivity index (χ0n) is 11.0. The number of phenols is 1. The predicted molar refractivity (Wildman–Crippen MR) is 83.2 cm³/mol. The van der Waals surface area contributed by atoms with Crippen molar-refractivity contribution in [1.82, 2.24) is 9.97 Å². The lowest BCUT2D eigenvalue weighted by atomic mass is 10.1. The monoisotopic (exact) mass is 284 g/mol. The molecule has 0 spiro atoms. The standard InChI is InChI=1S/C16H16N2OS/c19-13-8-9-14-15(11-13)18-16(17-14)20-10-4-7-12-5-2-1-3-6-12/h1-3,5-6,8-9,11,19H,4,7,10H2,(H,17,18). The molecule has 0 atom stereocenters. The van der Waals surface area contributed by atoms with Crippen LogP contribution in [-0.4, -0.2) is 20.8 Å². The van der Waals surface area contributed by atoms with Gasteiger partial charge in [0.2, 0.25) is 0 Å². The average molecular weight is 284 g/mol. The number of benzene rings is 2. The van der Waals surface area contributed by atoms with Crippen LogP contribution in [0.1, 0.15) is 12.0 Å². The van der Waals surface area contributed by atoms with E-state index in [-0.39, 0.29) is 5.75 Å². The van der Waals surface area contributed by atoms with Gasteiger partial charge in [0, 0.05) is 11.8 Å². The summed E-state index contributed by atoms with van der Waals surface area (Å²) in [6.07, 6.45) is 2.21. The van der Waals surface area contributed by atoms with Crippen LogP contribution in [0.3, 0.4) is 0 Å². The Morgan fingerprint density at radius 1 is 1.10 bits per heavy atom. The van der Waals surface area contributed by atoms with Gasteiger partial charge in [-0.25, -0.2) is 4.98 Å². The van der Waals surface area contributed by atoms with E-state index in [1.54, 1.807) is 23.9 Å². The van der Waals surface area contributed by atoms with Gasteiger partial charge in [-0.05, 0) is 30.5 Å². The number of hydrogen-bond acceptors (Lipinski definition) is 3. The van der Waals surface area contributed by atoms with Crippen LogP contribution in [0.4, 0.5) is 0 Å². The molecule has 3 nitrogen and oxygen atoms in total. The van der Waals surface area contributed by atoms with Gasteiger partial charge in [-0.2, -0.15) is 0 Å². The van der Waals surface area contributed by atoms with Crippen molar-refractivity contribution in [2.45, 2.75) is 18.0 Å². The molecular formula is C16H16N2OS. The Morgan fingerprint density at radius 3 is 2.80 bits per heavy atom. The summed E-state index contributed by atoms with van der Waals surface area (Å²) in [5.41, 5.74) is 3.16. The number of phenolic OH excluding ortho intramolecular Hbond substituents is 1. The molecule has 0 radical (unpaired) electrons. The van der Waals surface area contributed by atoms with E-state index in [2.05, 4.69) is 34.2 Å². The van der Waals surface area contributed by atoms with Gasteiger partial charge in [0.25, 0.3) is 0 Å². The van der Waals surface area contributed by atoms with E-state index in [9.17, 15) is 5.11 Å². The van der Waals surface area contributed by atoms with Gasteiger partial charge in [-0.15, -0.1) is 0 Å². The van der Waals surface area contributed by atoms with Crippen LogP contribution >= 0.6 is 11.8 Å². The number of fused-ring (bicyclic) bond motifs is 1. The number of aromatic nitrogens is 2. The van der Waals surface area contributed by atoms with E-state index >= 15 is 0 Å². The Labute approximate surface area is 122 Å². The molecule has 102 valence electrons. The first kappa shape index (κ1) is 13.1. The molecule has 0 fully saturated rings. The van der Waals surface area contributed by atoms with Crippen molar-refractivity contribution in [2.75, 3.05) is 5.75 Å². The highest BCUT2D eigenvalue weighted by molar-refractivity contribution is 7.99. The van der Waals surface area contributed by atoms with Gasteiger partial charge in [0.05, 0.1) is 11.0 Å². The van der Waals surface area contributed by atoms with E-state index in [0.717, 1.165) is 34.8 Å². The molecule has 2 aromatic carbocycles. The van der Waals surface area contributed by atoms with Crippen molar-refractivity contribution in [3.63, 3.8) is 0 Å². The molecule has 0 aliphatic rings. The Kier molecular flexibility index (Phi) is 3.92. The third kappa shape index (κ3) is 3.14. The van der Waals surface area contributed by atoms with Crippen LogP contribution in [0.2, 0.25) is 0 Å². The quantitative estimate of drug-likeness (QED) is 0.550. The number of thioether (sulfide) groups is 1. The Hall–Kier alpha value is -1.94. The molecule has 0 unspecified atom stereocenters. The highest BCUT2D eigenvalue weighted by Crippen LogP contribution is 2.23. The second-order valence-corrected chi connectivity index (χ2v) is 5.76. The van der Waals surface area contributed by atoms with Crippen LogP contribution < -0.4 is 0 Å². The van der Waals surface area contributed by atoms with Crippen molar-refractivity contribution < 1.29 is 5.11 Å². The van der Waals surface area contributed by atoms with Crippen LogP contribution in [0.5, 0.6) is 5.75 Å². The van der Waals surface area contributed by atoms with E-state index < -0.39 is 0 Å². The van der Waals surface area contributed by atoms with E-state index in [1.165, 1.54) is 5.56 Å². The molecule has 20 heavy (non-hydrogen) atoms. The summed E-state index contributed by atoms with van der Waals surface area (Å²) in [6.45, 7) is 0. The minimum absolute atomic E-state index is 0.266. The topological polar surface area (TPSA) is 48.9 Å². The van der Waals surface area contributed by atoms with E-state index in [1.807, 2.05) is 12.1 Å². The minimum atomic E-state index is 0.266. The van der Waals surface area contributed by atoms with Crippen molar-refractivity contribution in [2.24, 2.45) is 0 Å². The number of aromatic amines is 1. The summed E-state index contributed by atoms with van der Waals surface area (Å²) >= 11 is 1.72. The number of rotatable bonds is 5. The zero-order chi connectivity index (χ0) is 13.8. The first-order chi connectivity index (χ1) is 9.81. The van der Waals surface area contributed by atoms with E-state index in [0.29, 0.717) is 0 Å². The lowest BCUT2D eigenvalue weighted by Crippen LogP contribution is -1.87. The summed E-state index contributed by atoms with van der Waals surface area (Å²) in [4.78, 5) is 7.72. The third-order valence-electron chi connectivity index (χ3n) is 3.14. The van der Waals surface area contributed by atoms with Crippen molar-refractivity contribution in [3.8, 4) is 5.75 Å². The molecule has 0 amide bonds. The lowest BCUT2D eigenvalue weighted by molar-refractivity contribution is 0.476. The van der Waals surface area contributed by atoms with Crippen LogP contribution in [0.25, 0.3) is 11.0 Å². The number of nitrogens with zero attached hydrogens (tertiary/aromatic N) is 1. The fourth-order valence-corrected chi connectivity index (χ4v) is 2.96. The highest BCUT2D eigenvalue weighted by Gasteiger charge is 2.04. The highest BCUT2D eigenvalue weighted by atomic mass is 32.2. The summed E-state index contributed by atoms with van der Waals surface area (Å²) in [5.74, 6) is 1.29. The summed E-state index contributed by atoms with van der Waals surface area (Å²) in [7, 11) is 0. The number of aromatic hydroxyl groups is 1. The third-order valence-corrected chi connectivity index (χ3v) is 4.09. The van der Waals surface area contributed by atoms with E-state index in [4.69, 9.17) is 0 Å². The number of hydrogen-bond donors (Lipinski definition) is 2. The summed E-state index contributed by atoms with van der Waals surface area (Å²) in [5, 5.41) is 10.3. The predicted octanol–water partition coefficient (Wildman–Crippen LogP) is 3.99. The van der Waals surface area contributed by atoms with Gasteiger partial charge in [-0.1, -0.05) is 42.1 Å². The molecule has 2 N–H and O–H groups in total. The van der Waals surface area contributed by atoms with Crippen molar-refractivity contribution >= 4 is 22.8 Å². The van der Waals surface area contributed by atoms with Gasteiger partial charge < -0.3 is 10.1 Å². The smallest absolute Gasteiger partial charge is 0.166 e. The van der Waals surface area contributed by atoms with Gasteiger partial charge in [0.15, 0.2) is 5.16 Å². The molecule has 0 saturated heterocycles. The number of imidazole rings is 1. The largest absolute Gasteiger partial charge is 0.508 e. The molecule has 4 heteroatoms. The maximum Gasteiger partial charge on any atom is 0.166 e. The second kappa shape index (κ2) is 6.01. The van der Waals surface area contributed by atoms with Crippen LogP contribution in [0.15, 0.2) is 53.7 Å². The molecule has 0 bridgehead atoms. The van der Waals surface area contributed by atoms with Crippen molar-refractivity contribution in [1.29, 1.82) is 0 Å². The second-order valence-electron chi connectivity index (χ2n) is 4.68. The molecule has 1 aromatic heterocycles. The SMILES string of the molecule is Oc1ccc2nc(SCCCc3ccccc3)[nH]c2c1. The maximum absolute atomic E-state index is 9.43. The number of aryl methyl sites for hydroxylation is 1. The van der Waals surface area contributed by atoms with Crippen LogP contribution in [0, 0.1) is 0 Å². The maximum atomic E-state index is 9.43. The average Bonchev–Trinajstić information content (AvgIpc) is 2.86. The molecule has 3 aromatic rings. The Balaban J connectivity index is 1.55. The van der Waals surface area contributed by atoms with Gasteiger partial charge in [-0.3, -0.25) is 0 Å². The fraction of sp³-hybridized carbons (Fsp3) is 0.188. The molecule has 0 saturated carbocycles. The van der Waals surface area contributed by atoms with Gasteiger partial charge in [0.1, 0.15) is 5.75 Å². The lowest BCUT2D eigenvalue weighted by Gasteiger charge is -1.99. The number of H-pyrrole nitrogens is 1. The first-order valence-electron chi connectivity index (χ1n) is 6.67.